The number of rotatable bonds is 3. The van der Waals surface area contributed by atoms with Crippen molar-refractivity contribution < 1.29 is 14.1 Å². The van der Waals surface area contributed by atoms with Crippen LogP contribution in [0.4, 0.5) is 5.69 Å². The Morgan fingerprint density at radius 1 is 1.19 bits per heavy atom. The topological polar surface area (TPSA) is 79.5 Å². The van der Waals surface area contributed by atoms with Crippen molar-refractivity contribution in [3.63, 3.8) is 0 Å². The van der Waals surface area contributed by atoms with Crippen LogP contribution >= 0.6 is 11.3 Å². The standard InChI is InChI=1S/C25H16N4O2S/c1-28-18-7-3-5-9-20(18)31-22(28)11-16-24(15(13-26)14-27)17(25(16)30)12-23-29(2)19-8-4-6-10-21(19)32-23/h3-12H,1-2H3. The molecule has 5 rings (SSSR count). The fraction of sp³-hybridized carbons (Fsp3) is 0.0800. The molecule has 0 bridgehead atoms. The zero-order chi connectivity index (χ0) is 22.4. The average Bonchev–Trinajstić information content (AvgIpc) is 3.31. The lowest BCUT2D eigenvalue weighted by atomic mass is 9.77. The van der Waals surface area contributed by atoms with Gasteiger partial charge in [0, 0.05) is 42.0 Å². The van der Waals surface area contributed by atoms with Gasteiger partial charge in [-0.2, -0.15) is 9.83 Å². The van der Waals surface area contributed by atoms with Crippen LogP contribution in [0, 0.1) is 11.3 Å². The fourth-order valence-corrected chi connectivity index (χ4v) is 4.97. The monoisotopic (exact) mass is 436 g/mol. The predicted molar refractivity (Wildman–Crippen MR) is 124 cm³/mol. The first kappa shape index (κ1) is 19.7. The zero-order valence-corrected chi connectivity index (χ0v) is 18.1. The number of benzene rings is 2. The lowest BCUT2D eigenvalue weighted by molar-refractivity contribution is -0.642. The summed E-state index contributed by atoms with van der Waals surface area (Å²) in [5.74, 6) is 2.87. The number of anilines is 1. The average molecular weight is 436 g/mol. The van der Waals surface area contributed by atoms with Crippen LogP contribution in [0.3, 0.4) is 0 Å². The molecule has 0 spiro atoms. The highest BCUT2D eigenvalue weighted by atomic mass is 32.1. The van der Waals surface area contributed by atoms with E-state index in [-0.39, 0.29) is 11.4 Å². The van der Waals surface area contributed by atoms with E-state index in [2.05, 4.69) is 0 Å². The molecule has 3 aromatic rings. The number of aryl methyl sites for hydroxylation is 1. The van der Waals surface area contributed by atoms with E-state index >= 15 is 0 Å². The van der Waals surface area contributed by atoms with E-state index in [1.165, 1.54) is 0 Å². The number of Topliss-reactive ketones (excluding diaryl/α,β-unsaturated/α-hetero) is 1. The molecular formula is C25H16N4O2S. The van der Waals surface area contributed by atoms with Gasteiger partial charge in [0.05, 0.1) is 11.3 Å². The van der Waals surface area contributed by atoms with Crippen molar-refractivity contribution in [2.24, 2.45) is 7.05 Å². The number of ether oxygens (including phenoxy) is 1. The Morgan fingerprint density at radius 3 is 2.66 bits per heavy atom. The van der Waals surface area contributed by atoms with Crippen LogP contribution in [0.1, 0.15) is 5.01 Å². The first-order chi connectivity index (χ1) is 15.5. The lowest BCUT2D eigenvalue weighted by Gasteiger charge is -2.23. The molecule has 0 fully saturated rings. The van der Waals surface area contributed by atoms with Crippen LogP contribution in [0.15, 0.2) is 82.8 Å². The van der Waals surface area contributed by atoms with E-state index in [1.54, 1.807) is 23.5 Å². The third-order valence-electron chi connectivity index (χ3n) is 5.58. The quantitative estimate of drug-likeness (QED) is 0.269. The summed E-state index contributed by atoms with van der Waals surface area (Å²) in [5, 5.41) is 19.9. The summed E-state index contributed by atoms with van der Waals surface area (Å²) < 4.78 is 8.97. The Labute approximate surface area is 188 Å². The molecule has 32 heavy (non-hydrogen) atoms. The van der Waals surface area contributed by atoms with Gasteiger partial charge in [-0.05, 0) is 18.2 Å². The van der Waals surface area contributed by atoms with Crippen LogP contribution < -0.4 is 14.2 Å². The first-order valence-corrected chi connectivity index (χ1v) is 10.6. The number of hydrogen-bond acceptors (Lipinski definition) is 5. The first-order valence-electron chi connectivity index (χ1n) is 9.82. The largest absolute Gasteiger partial charge is 0.762 e. The van der Waals surface area contributed by atoms with Gasteiger partial charge in [-0.25, -0.2) is 5.87 Å². The zero-order valence-electron chi connectivity index (χ0n) is 17.3. The number of fused-ring (bicyclic) bond motifs is 2. The van der Waals surface area contributed by atoms with Crippen LogP contribution in [0.25, 0.3) is 21.7 Å². The third kappa shape index (κ3) is 2.90. The van der Waals surface area contributed by atoms with E-state index in [4.69, 9.17) is 4.74 Å². The molecule has 1 aromatic heterocycles. The summed E-state index contributed by atoms with van der Waals surface area (Å²) in [7, 11) is 3.77. The lowest BCUT2D eigenvalue weighted by Crippen LogP contribution is -2.30. The molecular weight excluding hydrogens is 420 g/mol. The number of nitriles is 1. The maximum absolute atomic E-state index is 13.1. The number of para-hydroxylation sites is 3. The smallest absolute Gasteiger partial charge is 0.263 e. The van der Waals surface area contributed by atoms with Crippen LogP contribution in [0.2, 0.25) is 0 Å². The van der Waals surface area contributed by atoms with E-state index in [0.29, 0.717) is 28.4 Å². The van der Waals surface area contributed by atoms with Gasteiger partial charge in [-0.15, -0.1) is 0 Å². The maximum Gasteiger partial charge on any atom is 0.263 e. The van der Waals surface area contributed by atoms with Crippen molar-refractivity contribution in [2.45, 2.75) is 0 Å². The SMILES string of the molecule is CN1/C(=C\C2=C(C(=C=[N-])C#N)C(=C/c3sc4ccccc4[n+]3C)/C2=O)Oc2ccccc21. The van der Waals surface area contributed by atoms with E-state index < -0.39 is 0 Å². The number of allylic oxidation sites excluding steroid dienone is 5. The van der Waals surface area contributed by atoms with Gasteiger partial charge >= 0.3 is 0 Å². The van der Waals surface area contributed by atoms with Gasteiger partial charge in [-0.1, -0.05) is 35.6 Å². The second-order valence-electron chi connectivity index (χ2n) is 7.35. The number of ketones is 1. The molecule has 0 atom stereocenters. The molecule has 1 aliphatic carbocycles. The summed E-state index contributed by atoms with van der Waals surface area (Å²) in [6.07, 6.45) is 3.36. The van der Waals surface area contributed by atoms with Gasteiger partial charge < -0.3 is 15.0 Å². The van der Waals surface area contributed by atoms with Gasteiger partial charge in [0.25, 0.3) is 5.01 Å². The molecule has 2 heterocycles. The number of thiazole rings is 1. The fourth-order valence-electron chi connectivity index (χ4n) is 3.88. The molecule has 0 unspecified atom stereocenters. The third-order valence-corrected chi connectivity index (χ3v) is 6.75. The van der Waals surface area contributed by atoms with Crippen LogP contribution in [-0.2, 0) is 11.8 Å². The summed E-state index contributed by atoms with van der Waals surface area (Å²) in [4.78, 5) is 15.0. The Hall–Kier alpha value is -4.24. The Balaban J connectivity index is 1.63. The number of carbonyl (C=O) groups excluding carboxylic acids is 1. The minimum Gasteiger partial charge on any atom is -0.762 e. The van der Waals surface area contributed by atoms with E-state index in [0.717, 1.165) is 20.9 Å². The van der Waals surface area contributed by atoms with Crippen LogP contribution in [0.5, 0.6) is 5.75 Å². The summed E-state index contributed by atoms with van der Waals surface area (Å²) >= 11 is 1.55. The molecule has 6 nitrogen and oxygen atoms in total. The van der Waals surface area contributed by atoms with Gasteiger partial charge in [0.2, 0.25) is 11.4 Å². The van der Waals surface area contributed by atoms with Gasteiger partial charge in [-0.3, -0.25) is 4.79 Å². The van der Waals surface area contributed by atoms with Gasteiger partial charge in [0.15, 0.2) is 11.5 Å². The Kier molecular flexibility index (Phi) is 4.60. The molecule has 7 heteroatoms. The maximum atomic E-state index is 13.1. The number of carbonyl (C=O) groups is 1. The highest BCUT2D eigenvalue weighted by molar-refractivity contribution is 7.18. The molecule has 154 valence electrons. The van der Waals surface area contributed by atoms with E-state index in [9.17, 15) is 15.5 Å². The van der Waals surface area contributed by atoms with Crippen molar-refractivity contribution in [1.82, 2.24) is 0 Å². The molecule has 0 saturated carbocycles. The number of hydrogen-bond donors (Lipinski definition) is 0. The second kappa shape index (κ2) is 7.47. The minimum absolute atomic E-state index is 0.0929. The molecule has 0 saturated heterocycles. The summed E-state index contributed by atoms with van der Waals surface area (Å²) in [6, 6.07) is 17.4. The van der Waals surface area contributed by atoms with Crippen molar-refractivity contribution in [3.8, 4) is 11.8 Å². The van der Waals surface area contributed by atoms with Crippen molar-refractivity contribution in [3.05, 3.63) is 93.2 Å². The highest BCUT2D eigenvalue weighted by Gasteiger charge is 2.37. The summed E-state index contributed by atoms with van der Waals surface area (Å²) in [6.45, 7) is 0. The molecule has 0 N–H and O–H groups in total. The Bertz CT molecular complexity index is 1510. The highest BCUT2D eigenvalue weighted by Crippen LogP contribution is 2.42. The normalized spacial score (nSPS) is 17.3. The molecule has 0 radical (unpaired) electrons. The van der Waals surface area contributed by atoms with Gasteiger partial charge in [0.1, 0.15) is 17.8 Å². The Morgan fingerprint density at radius 2 is 1.94 bits per heavy atom. The van der Waals surface area contributed by atoms with Crippen molar-refractivity contribution in [2.75, 3.05) is 11.9 Å². The summed E-state index contributed by atoms with van der Waals surface area (Å²) in [5.41, 5.74) is 2.85. The minimum atomic E-state index is -0.221. The molecule has 1 aliphatic heterocycles. The van der Waals surface area contributed by atoms with Crippen molar-refractivity contribution in [1.29, 1.82) is 5.26 Å². The van der Waals surface area contributed by atoms with Crippen LogP contribution in [-0.4, -0.2) is 18.7 Å². The second-order valence-corrected chi connectivity index (χ2v) is 8.42. The predicted octanol–water partition coefficient (Wildman–Crippen LogP) is 4.05. The molecule has 0 amide bonds. The number of aromatic nitrogens is 1. The van der Waals surface area contributed by atoms with Crippen molar-refractivity contribution >= 4 is 45.0 Å². The van der Waals surface area contributed by atoms with E-state index in [1.807, 2.05) is 84.0 Å². The number of nitrogens with zero attached hydrogens (tertiary/aromatic N) is 4. The molecule has 2 aliphatic rings. The molecule has 2 aromatic carbocycles.